The summed E-state index contributed by atoms with van der Waals surface area (Å²) in [6.07, 6.45) is 1.38. The third-order valence-electron chi connectivity index (χ3n) is 3.07. The summed E-state index contributed by atoms with van der Waals surface area (Å²) in [4.78, 5) is 16.0. The fourth-order valence-corrected chi connectivity index (χ4v) is 2.33. The fraction of sp³-hybridized carbons (Fsp3) is 0.0667. The number of carbonyl (C=O) groups is 1. The van der Waals surface area contributed by atoms with Crippen LogP contribution in [0, 0.1) is 11.6 Å². The van der Waals surface area contributed by atoms with Gasteiger partial charge in [0.2, 0.25) is 5.13 Å². The standard InChI is InChI=1S/C15H11F2N5OS/c16-11-2-3-12(17)10(5-11)7-19-13-4-1-9(6-18-13)14(23)21-15-22-20-8-24-15/h1-6,8H,7H2,(H,18,19)(H,21,22,23). The molecule has 0 aliphatic rings. The summed E-state index contributed by atoms with van der Waals surface area (Å²) >= 11 is 1.20. The molecule has 0 aliphatic heterocycles. The lowest BCUT2D eigenvalue weighted by molar-refractivity contribution is 0.102. The number of nitrogens with one attached hydrogen (secondary N) is 2. The molecule has 0 fully saturated rings. The highest BCUT2D eigenvalue weighted by Gasteiger charge is 2.09. The number of amides is 1. The van der Waals surface area contributed by atoms with Gasteiger partial charge in [-0.05, 0) is 30.3 Å². The van der Waals surface area contributed by atoms with Crippen LogP contribution < -0.4 is 10.6 Å². The number of nitrogens with zero attached hydrogens (tertiary/aromatic N) is 3. The van der Waals surface area contributed by atoms with E-state index in [1.54, 1.807) is 12.1 Å². The average Bonchev–Trinajstić information content (AvgIpc) is 3.09. The van der Waals surface area contributed by atoms with Crippen LogP contribution in [-0.2, 0) is 6.54 Å². The number of hydrogen-bond donors (Lipinski definition) is 2. The van der Waals surface area contributed by atoms with Crippen molar-refractivity contribution in [3.8, 4) is 0 Å². The first kappa shape index (κ1) is 15.9. The van der Waals surface area contributed by atoms with Gasteiger partial charge in [-0.25, -0.2) is 13.8 Å². The summed E-state index contributed by atoms with van der Waals surface area (Å²) in [6, 6.07) is 6.38. The molecule has 9 heteroatoms. The minimum atomic E-state index is -0.509. The summed E-state index contributed by atoms with van der Waals surface area (Å²) in [5.74, 6) is -0.935. The number of pyridine rings is 1. The van der Waals surface area contributed by atoms with Crippen LogP contribution in [0.5, 0.6) is 0 Å². The number of hydrogen-bond acceptors (Lipinski definition) is 6. The molecule has 0 aliphatic carbocycles. The van der Waals surface area contributed by atoms with E-state index in [1.807, 2.05) is 0 Å². The Labute approximate surface area is 139 Å². The second kappa shape index (κ2) is 7.09. The molecular weight excluding hydrogens is 336 g/mol. The largest absolute Gasteiger partial charge is 0.366 e. The quantitative estimate of drug-likeness (QED) is 0.741. The summed E-state index contributed by atoms with van der Waals surface area (Å²) in [5, 5.41) is 13.2. The number of aromatic nitrogens is 3. The van der Waals surface area contributed by atoms with Gasteiger partial charge < -0.3 is 5.32 Å². The van der Waals surface area contributed by atoms with Gasteiger partial charge in [0.05, 0.1) is 5.56 Å². The molecule has 0 bridgehead atoms. The van der Waals surface area contributed by atoms with Crippen molar-refractivity contribution in [2.45, 2.75) is 6.54 Å². The molecule has 1 aromatic carbocycles. The van der Waals surface area contributed by atoms with Crippen molar-refractivity contribution >= 4 is 28.2 Å². The Balaban J connectivity index is 1.62. The first-order valence-corrected chi connectivity index (χ1v) is 7.71. The minimum absolute atomic E-state index is 0.0763. The van der Waals surface area contributed by atoms with Crippen molar-refractivity contribution in [2.75, 3.05) is 10.6 Å². The lowest BCUT2D eigenvalue weighted by atomic mass is 10.2. The fourth-order valence-electron chi connectivity index (χ4n) is 1.89. The van der Waals surface area contributed by atoms with E-state index in [9.17, 15) is 13.6 Å². The number of carbonyl (C=O) groups excluding carboxylic acids is 1. The molecule has 0 spiro atoms. The highest BCUT2D eigenvalue weighted by atomic mass is 32.1. The van der Waals surface area contributed by atoms with E-state index in [0.29, 0.717) is 16.5 Å². The Kier molecular flexibility index (Phi) is 4.71. The maximum Gasteiger partial charge on any atom is 0.259 e. The third-order valence-corrected chi connectivity index (χ3v) is 3.68. The third kappa shape index (κ3) is 3.87. The van der Waals surface area contributed by atoms with E-state index in [4.69, 9.17) is 0 Å². The SMILES string of the molecule is O=C(Nc1nncs1)c1ccc(NCc2cc(F)ccc2F)nc1. The lowest BCUT2D eigenvalue weighted by Crippen LogP contribution is -2.12. The van der Waals surface area contributed by atoms with Crippen molar-refractivity contribution in [3.05, 3.63) is 64.8 Å². The van der Waals surface area contributed by atoms with E-state index >= 15 is 0 Å². The number of benzene rings is 1. The molecule has 3 rings (SSSR count). The molecule has 1 amide bonds. The molecule has 0 unspecified atom stereocenters. The van der Waals surface area contributed by atoms with Crippen LogP contribution >= 0.6 is 11.3 Å². The predicted octanol–water partition coefficient (Wildman–Crippen LogP) is 3.08. The maximum atomic E-state index is 13.5. The van der Waals surface area contributed by atoms with Crippen molar-refractivity contribution in [1.82, 2.24) is 15.2 Å². The summed E-state index contributed by atoms with van der Waals surface area (Å²) in [7, 11) is 0. The number of anilines is 2. The Morgan fingerprint density at radius 1 is 1.21 bits per heavy atom. The molecule has 3 aromatic rings. The number of rotatable bonds is 5. The van der Waals surface area contributed by atoms with Gasteiger partial charge in [0, 0.05) is 18.3 Å². The van der Waals surface area contributed by atoms with Crippen LogP contribution in [0.2, 0.25) is 0 Å². The Hall–Kier alpha value is -2.94. The van der Waals surface area contributed by atoms with Crippen LogP contribution in [-0.4, -0.2) is 21.1 Å². The highest BCUT2D eigenvalue weighted by molar-refractivity contribution is 7.13. The first-order valence-electron chi connectivity index (χ1n) is 6.83. The number of halogens is 2. The van der Waals surface area contributed by atoms with E-state index in [-0.39, 0.29) is 18.0 Å². The highest BCUT2D eigenvalue weighted by Crippen LogP contribution is 2.14. The molecule has 0 atom stereocenters. The second-order valence-corrected chi connectivity index (χ2v) is 5.55. The van der Waals surface area contributed by atoms with E-state index in [1.165, 1.54) is 23.0 Å². The van der Waals surface area contributed by atoms with Crippen LogP contribution in [0.3, 0.4) is 0 Å². The van der Waals surface area contributed by atoms with Gasteiger partial charge in [0.25, 0.3) is 5.91 Å². The van der Waals surface area contributed by atoms with E-state index < -0.39 is 11.6 Å². The topological polar surface area (TPSA) is 79.8 Å². The predicted molar refractivity (Wildman–Crippen MR) is 85.8 cm³/mol. The molecule has 6 nitrogen and oxygen atoms in total. The van der Waals surface area contributed by atoms with Crippen molar-refractivity contribution in [2.24, 2.45) is 0 Å². The van der Waals surface area contributed by atoms with Gasteiger partial charge >= 0.3 is 0 Å². The zero-order valence-corrected chi connectivity index (χ0v) is 13.0. The Morgan fingerprint density at radius 2 is 2.08 bits per heavy atom. The van der Waals surface area contributed by atoms with Gasteiger partial charge in [0.1, 0.15) is 23.0 Å². The summed E-state index contributed by atoms with van der Waals surface area (Å²) < 4.78 is 26.6. The van der Waals surface area contributed by atoms with Gasteiger partial charge in [-0.1, -0.05) is 11.3 Å². The monoisotopic (exact) mass is 347 g/mol. The molecule has 24 heavy (non-hydrogen) atoms. The molecule has 2 aromatic heterocycles. The molecular formula is C15H11F2N5OS. The minimum Gasteiger partial charge on any atom is -0.366 e. The molecule has 122 valence electrons. The zero-order chi connectivity index (χ0) is 16.9. The van der Waals surface area contributed by atoms with Gasteiger partial charge in [-0.2, -0.15) is 0 Å². The van der Waals surface area contributed by atoms with Gasteiger partial charge in [0.15, 0.2) is 0 Å². The first-order chi connectivity index (χ1) is 11.6. The average molecular weight is 347 g/mol. The van der Waals surface area contributed by atoms with E-state index in [2.05, 4.69) is 25.8 Å². The Bertz CT molecular complexity index is 840. The zero-order valence-electron chi connectivity index (χ0n) is 12.2. The van der Waals surface area contributed by atoms with Crippen molar-refractivity contribution < 1.29 is 13.6 Å². The van der Waals surface area contributed by atoms with Crippen LogP contribution in [0.25, 0.3) is 0 Å². The summed E-state index contributed by atoms with van der Waals surface area (Å²) in [6.45, 7) is 0.0763. The normalized spacial score (nSPS) is 10.4. The summed E-state index contributed by atoms with van der Waals surface area (Å²) in [5.41, 5.74) is 2.04. The van der Waals surface area contributed by atoms with Crippen LogP contribution in [0.15, 0.2) is 42.0 Å². The second-order valence-electron chi connectivity index (χ2n) is 4.72. The molecule has 0 radical (unpaired) electrons. The molecule has 0 saturated heterocycles. The van der Waals surface area contributed by atoms with Crippen molar-refractivity contribution in [3.63, 3.8) is 0 Å². The maximum absolute atomic E-state index is 13.5. The van der Waals surface area contributed by atoms with Crippen LogP contribution in [0.1, 0.15) is 15.9 Å². The molecule has 2 heterocycles. The molecule has 2 N–H and O–H groups in total. The van der Waals surface area contributed by atoms with Crippen LogP contribution in [0.4, 0.5) is 19.7 Å². The van der Waals surface area contributed by atoms with Gasteiger partial charge in [-0.15, -0.1) is 10.2 Å². The Morgan fingerprint density at radius 3 is 2.79 bits per heavy atom. The lowest BCUT2D eigenvalue weighted by Gasteiger charge is -2.07. The van der Waals surface area contributed by atoms with E-state index in [0.717, 1.165) is 18.2 Å². The van der Waals surface area contributed by atoms with Crippen molar-refractivity contribution in [1.29, 1.82) is 0 Å². The van der Waals surface area contributed by atoms with Gasteiger partial charge in [-0.3, -0.25) is 10.1 Å². The molecule has 0 saturated carbocycles. The smallest absolute Gasteiger partial charge is 0.259 e.